The van der Waals surface area contributed by atoms with E-state index in [4.69, 9.17) is 0 Å². The van der Waals surface area contributed by atoms with Gasteiger partial charge in [-0.15, -0.1) is 6.07 Å². The fourth-order valence-corrected chi connectivity index (χ4v) is 1.45. The maximum atomic E-state index is 4.56. The molecule has 2 nitrogen and oxygen atoms in total. The Morgan fingerprint density at radius 3 is 2.59 bits per heavy atom. The molecule has 88 valence electrons. The van der Waals surface area contributed by atoms with Gasteiger partial charge in [-0.25, -0.2) is 0 Å². The van der Waals surface area contributed by atoms with Crippen molar-refractivity contribution >= 4 is 11.4 Å². The van der Waals surface area contributed by atoms with Gasteiger partial charge in [-0.1, -0.05) is 24.4 Å². The van der Waals surface area contributed by atoms with Crippen LogP contribution in [-0.2, 0) is 17.1 Å². The normalized spacial score (nSPS) is 10.8. The van der Waals surface area contributed by atoms with Crippen LogP contribution in [0.25, 0.3) is 0 Å². The second-order valence-electron chi connectivity index (χ2n) is 3.64. The number of aromatic nitrogens is 1. The summed E-state index contributed by atoms with van der Waals surface area (Å²) in [6.45, 7) is 4.01. The molecule has 0 N–H and O–H groups in total. The molecule has 1 heterocycles. The average molecular weight is 265 g/mol. The predicted octanol–water partition coefficient (Wildman–Crippen LogP) is 3.33. The van der Waals surface area contributed by atoms with Crippen LogP contribution in [0.1, 0.15) is 18.2 Å². The van der Waals surface area contributed by atoms with E-state index in [1.807, 2.05) is 37.3 Å². The van der Waals surface area contributed by atoms with Gasteiger partial charge < -0.3 is 4.98 Å². The van der Waals surface area contributed by atoms with E-state index < -0.39 is 0 Å². The number of hydrogen-bond donors (Lipinski definition) is 0. The molecule has 0 radical (unpaired) electrons. The molecule has 0 fully saturated rings. The molecule has 0 aliphatic rings. The van der Waals surface area contributed by atoms with Gasteiger partial charge in [0.25, 0.3) is 0 Å². The van der Waals surface area contributed by atoms with Crippen LogP contribution in [-0.4, -0.2) is 10.7 Å². The van der Waals surface area contributed by atoms with Crippen molar-refractivity contribution in [3.8, 4) is 0 Å². The number of aryl methyl sites for hydroxylation is 1. The largest absolute Gasteiger partial charge is 0.385 e. The third-order valence-electron chi connectivity index (χ3n) is 2.38. The van der Waals surface area contributed by atoms with E-state index in [2.05, 4.69) is 29.2 Å². The molecule has 2 aromatic rings. The second-order valence-corrected chi connectivity index (χ2v) is 3.64. The summed E-state index contributed by atoms with van der Waals surface area (Å²) in [5.41, 5.74) is 3.93. The van der Waals surface area contributed by atoms with Crippen LogP contribution in [0.2, 0.25) is 0 Å². The van der Waals surface area contributed by atoms with Gasteiger partial charge in [0.2, 0.25) is 0 Å². The van der Waals surface area contributed by atoms with Gasteiger partial charge in [-0.05, 0) is 31.2 Å². The number of pyridine rings is 1. The van der Waals surface area contributed by atoms with E-state index in [0.29, 0.717) is 0 Å². The molecular formula is C14H13FeN2-. The van der Waals surface area contributed by atoms with E-state index in [-0.39, 0.29) is 17.1 Å². The average Bonchev–Trinajstić information content (AvgIpc) is 2.33. The summed E-state index contributed by atoms with van der Waals surface area (Å²) >= 11 is 0. The van der Waals surface area contributed by atoms with Crippen molar-refractivity contribution in [2.45, 2.75) is 13.8 Å². The van der Waals surface area contributed by atoms with Crippen LogP contribution in [0, 0.1) is 13.1 Å². The van der Waals surface area contributed by atoms with Gasteiger partial charge in [-0.2, -0.15) is 12.1 Å². The summed E-state index contributed by atoms with van der Waals surface area (Å²) in [5, 5.41) is 0. The maximum Gasteiger partial charge on any atom is 0.0650 e. The molecule has 3 heteroatoms. The van der Waals surface area contributed by atoms with E-state index >= 15 is 0 Å². The molecule has 1 aromatic carbocycles. The summed E-state index contributed by atoms with van der Waals surface area (Å²) in [7, 11) is 0. The van der Waals surface area contributed by atoms with Crippen molar-refractivity contribution in [3.63, 3.8) is 0 Å². The van der Waals surface area contributed by atoms with E-state index in [9.17, 15) is 0 Å². The van der Waals surface area contributed by atoms with Crippen LogP contribution in [0.4, 0.5) is 5.69 Å². The van der Waals surface area contributed by atoms with Gasteiger partial charge >= 0.3 is 0 Å². The van der Waals surface area contributed by atoms with Gasteiger partial charge in [0, 0.05) is 22.8 Å². The van der Waals surface area contributed by atoms with Crippen LogP contribution in [0.5, 0.6) is 0 Å². The zero-order valence-corrected chi connectivity index (χ0v) is 10.9. The third kappa shape index (κ3) is 3.52. The Kier molecular flexibility index (Phi) is 5.08. The van der Waals surface area contributed by atoms with E-state index in [0.717, 1.165) is 17.1 Å². The Balaban J connectivity index is 0.00000144. The van der Waals surface area contributed by atoms with Crippen molar-refractivity contribution in [1.29, 1.82) is 0 Å². The quantitative estimate of drug-likeness (QED) is 0.464. The number of nitrogens with zero attached hydrogens (tertiary/aromatic N) is 2. The number of rotatable bonds is 2. The Hall–Kier alpha value is -1.44. The first kappa shape index (κ1) is 13.6. The Morgan fingerprint density at radius 2 is 1.94 bits per heavy atom. The molecular weight excluding hydrogens is 252 g/mol. The van der Waals surface area contributed by atoms with Crippen molar-refractivity contribution in [3.05, 3.63) is 59.9 Å². The minimum atomic E-state index is 0. The van der Waals surface area contributed by atoms with Crippen LogP contribution in [0.3, 0.4) is 0 Å². The summed E-state index contributed by atoms with van der Waals surface area (Å²) in [6.07, 6.45) is 2.81. The molecule has 0 bridgehead atoms. The minimum absolute atomic E-state index is 0. The fraction of sp³-hybridized carbons (Fsp3) is 0.143. The Morgan fingerprint density at radius 1 is 1.18 bits per heavy atom. The van der Waals surface area contributed by atoms with Crippen molar-refractivity contribution in [1.82, 2.24) is 4.98 Å². The zero-order valence-electron chi connectivity index (χ0n) is 9.79. The molecule has 2 rings (SSSR count). The van der Waals surface area contributed by atoms with E-state index in [1.165, 1.54) is 5.56 Å². The summed E-state index contributed by atoms with van der Waals surface area (Å²) in [5.74, 6) is 0. The number of hydrogen-bond acceptors (Lipinski definition) is 2. The molecule has 0 unspecified atom stereocenters. The van der Waals surface area contributed by atoms with Crippen molar-refractivity contribution in [2.24, 2.45) is 4.99 Å². The fourth-order valence-electron chi connectivity index (χ4n) is 1.45. The standard InChI is InChI=1S/C14H13N2.Fe/c1-11-7-3-4-8-13(11)16-12(2)14-9-5-6-10-15-14;/h3-9H,1-2H3;/q-1;. The molecule has 0 saturated carbocycles. The molecule has 0 atom stereocenters. The topological polar surface area (TPSA) is 25.2 Å². The van der Waals surface area contributed by atoms with Gasteiger partial charge in [-0.3, -0.25) is 4.99 Å². The van der Waals surface area contributed by atoms with Crippen LogP contribution < -0.4 is 0 Å². The molecule has 0 aliphatic heterocycles. The molecule has 0 spiro atoms. The molecule has 0 amide bonds. The summed E-state index contributed by atoms with van der Waals surface area (Å²) < 4.78 is 0. The molecule has 1 aromatic heterocycles. The first-order valence-corrected chi connectivity index (χ1v) is 5.22. The molecule has 0 aliphatic carbocycles. The summed E-state index contributed by atoms with van der Waals surface area (Å²) in [4.78, 5) is 8.71. The predicted molar refractivity (Wildman–Crippen MR) is 66.1 cm³/mol. The Bertz CT molecular complexity index is 507. The number of benzene rings is 1. The zero-order chi connectivity index (χ0) is 11.4. The maximum absolute atomic E-state index is 4.56. The number of aliphatic imine (C=N–C) groups is 1. The third-order valence-corrected chi connectivity index (χ3v) is 2.38. The second kappa shape index (κ2) is 6.33. The monoisotopic (exact) mass is 265 g/mol. The van der Waals surface area contributed by atoms with Crippen LogP contribution in [0.15, 0.2) is 47.5 Å². The van der Waals surface area contributed by atoms with E-state index in [1.54, 1.807) is 6.07 Å². The first-order valence-electron chi connectivity index (χ1n) is 5.22. The molecule has 17 heavy (non-hydrogen) atoms. The van der Waals surface area contributed by atoms with Crippen molar-refractivity contribution in [2.75, 3.05) is 0 Å². The smallest absolute Gasteiger partial charge is 0.0650 e. The minimum Gasteiger partial charge on any atom is -0.385 e. The SMILES string of the molecule is CC(=Nc1ccccc1C)c1ccc[c-]n1.[Fe]. The first-order chi connectivity index (χ1) is 7.77. The summed E-state index contributed by atoms with van der Waals surface area (Å²) in [6, 6.07) is 13.7. The molecule has 0 saturated heterocycles. The van der Waals surface area contributed by atoms with Gasteiger partial charge in [0.05, 0.1) is 5.69 Å². The van der Waals surface area contributed by atoms with Gasteiger partial charge in [0.15, 0.2) is 0 Å². The number of para-hydroxylation sites is 1. The van der Waals surface area contributed by atoms with Crippen molar-refractivity contribution < 1.29 is 17.1 Å². The Labute approximate surface area is 112 Å². The van der Waals surface area contributed by atoms with Crippen LogP contribution >= 0.6 is 0 Å². The van der Waals surface area contributed by atoms with Gasteiger partial charge in [0.1, 0.15) is 0 Å².